The van der Waals surface area contributed by atoms with Gasteiger partial charge in [-0.2, -0.15) is 8.42 Å². The monoisotopic (exact) mass is 400 g/mol. The predicted octanol–water partition coefficient (Wildman–Crippen LogP) is 3.79. The first-order valence-electron chi connectivity index (χ1n) is 5.92. The second-order valence-electron chi connectivity index (χ2n) is 4.09. The molecule has 5 heteroatoms. The number of hydrogen-bond donors (Lipinski definition) is 0. The fourth-order valence-electron chi connectivity index (χ4n) is 1.68. The van der Waals surface area contributed by atoms with Crippen LogP contribution >= 0.6 is 22.6 Å². The molecule has 2 aromatic carbocycles. The Labute approximate surface area is 132 Å². The zero-order valence-corrected chi connectivity index (χ0v) is 13.6. The second kappa shape index (κ2) is 6.41. The highest BCUT2D eigenvalue weighted by Gasteiger charge is 2.17. The zero-order chi connectivity index (χ0) is 14.6. The summed E-state index contributed by atoms with van der Waals surface area (Å²) in [4.78, 5) is 0.145. The Morgan fingerprint density at radius 2 is 1.75 bits per heavy atom. The minimum atomic E-state index is -3.81. The summed E-state index contributed by atoms with van der Waals surface area (Å²) in [6, 6.07) is 13.6. The van der Waals surface area contributed by atoms with Crippen molar-refractivity contribution in [3.63, 3.8) is 0 Å². The van der Waals surface area contributed by atoms with Crippen LogP contribution in [0.5, 0.6) is 5.75 Å². The Hall–Kier alpha value is -1.34. The van der Waals surface area contributed by atoms with Crippen molar-refractivity contribution >= 4 is 32.7 Å². The minimum Gasteiger partial charge on any atom is -0.379 e. The molecular weight excluding hydrogens is 387 g/mol. The van der Waals surface area contributed by atoms with Gasteiger partial charge in [-0.25, -0.2) is 0 Å². The molecule has 0 heterocycles. The lowest BCUT2D eigenvalue weighted by molar-refractivity contribution is 0.483. The highest BCUT2D eigenvalue weighted by atomic mass is 127. The maximum atomic E-state index is 12.2. The summed E-state index contributed by atoms with van der Waals surface area (Å²) in [6.07, 6.45) is 2.26. The van der Waals surface area contributed by atoms with Crippen LogP contribution in [0.4, 0.5) is 0 Å². The lowest BCUT2D eigenvalue weighted by atomic mass is 10.1. The third-order valence-electron chi connectivity index (χ3n) is 2.64. The van der Waals surface area contributed by atoms with E-state index in [9.17, 15) is 8.42 Å². The van der Waals surface area contributed by atoms with E-state index in [2.05, 4.69) is 29.2 Å². The van der Waals surface area contributed by atoms with Crippen LogP contribution < -0.4 is 4.18 Å². The van der Waals surface area contributed by atoms with Gasteiger partial charge in [-0.05, 0) is 64.9 Å². The van der Waals surface area contributed by atoms with E-state index in [1.165, 1.54) is 12.1 Å². The van der Waals surface area contributed by atoms with Crippen LogP contribution in [0.25, 0.3) is 0 Å². The van der Waals surface area contributed by atoms with Gasteiger partial charge in [-0.15, -0.1) is 6.58 Å². The second-order valence-corrected chi connectivity index (χ2v) is 6.88. The third-order valence-corrected chi connectivity index (χ3v) is 4.61. The topological polar surface area (TPSA) is 43.4 Å². The SMILES string of the molecule is C=CCc1ccccc1OS(=O)(=O)c1ccc(I)cc1. The van der Waals surface area contributed by atoms with Gasteiger partial charge in [0.1, 0.15) is 10.6 Å². The molecule has 0 aromatic heterocycles. The zero-order valence-electron chi connectivity index (χ0n) is 10.6. The molecule has 0 amide bonds. The van der Waals surface area contributed by atoms with Gasteiger partial charge < -0.3 is 4.18 Å². The highest BCUT2D eigenvalue weighted by Crippen LogP contribution is 2.24. The van der Waals surface area contributed by atoms with Crippen molar-refractivity contribution in [1.82, 2.24) is 0 Å². The molecule has 2 rings (SSSR count). The number of halogens is 1. The third kappa shape index (κ3) is 3.61. The summed E-state index contributed by atoms with van der Waals surface area (Å²) < 4.78 is 30.6. The first-order chi connectivity index (χ1) is 9.53. The molecule has 0 spiro atoms. The Morgan fingerprint density at radius 3 is 2.40 bits per heavy atom. The Bertz CT molecular complexity index is 706. The fraction of sp³-hybridized carbons (Fsp3) is 0.0667. The Morgan fingerprint density at radius 1 is 1.10 bits per heavy atom. The van der Waals surface area contributed by atoms with Gasteiger partial charge >= 0.3 is 10.1 Å². The van der Waals surface area contributed by atoms with Crippen molar-refractivity contribution in [3.05, 3.63) is 70.3 Å². The number of para-hydroxylation sites is 1. The number of hydrogen-bond acceptors (Lipinski definition) is 3. The molecule has 0 radical (unpaired) electrons. The molecule has 3 nitrogen and oxygen atoms in total. The van der Waals surface area contributed by atoms with E-state index in [1.54, 1.807) is 30.3 Å². The van der Waals surface area contributed by atoms with Crippen LogP contribution in [-0.2, 0) is 16.5 Å². The molecule has 0 aliphatic heterocycles. The van der Waals surface area contributed by atoms with Gasteiger partial charge in [0, 0.05) is 3.57 Å². The maximum Gasteiger partial charge on any atom is 0.339 e. The van der Waals surface area contributed by atoms with Crippen LogP contribution in [0.1, 0.15) is 5.56 Å². The van der Waals surface area contributed by atoms with E-state index in [0.717, 1.165) is 9.13 Å². The smallest absolute Gasteiger partial charge is 0.339 e. The maximum absolute atomic E-state index is 12.2. The molecule has 0 saturated carbocycles. The molecule has 0 atom stereocenters. The van der Waals surface area contributed by atoms with Gasteiger partial charge in [0.05, 0.1) is 0 Å². The van der Waals surface area contributed by atoms with E-state index in [-0.39, 0.29) is 4.90 Å². The first-order valence-corrected chi connectivity index (χ1v) is 8.40. The summed E-state index contributed by atoms with van der Waals surface area (Å²) in [6.45, 7) is 3.66. The molecule has 0 saturated heterocycles. The van der Waals surface area contributed by atoms with Crippen molar-refractivity contribution in [2.24, 2.45) is 0 Å². The summed E-state index contributed by atoms with van der Waals surface area (Å²) in [5.41, 5.74) is 0.789. The minimum absolute atomic E-state index is 0.145. The molecule has 0 aliphatic rings. The molecule has 104 valence electrons. The van der Waals surface area contributed by atoms with E-state index >= 15 is 0 Å². The molecule has 20 heavy (non-hydrogen) atoms. The first kappa shape index (κ1) is 15.1. The van der Waals surface area contributed by atoms with Gasteiger partial charge in [0.25, 0.3) is 0 Å². The van der Waals surface area contributed by atoms with E-state index < -0.39 is 10.1 Å². The van der Waals surface area contributed by atoms with E-state index in [4.69, 9.17) is 4.18 Å². The number of allylic oxidation sites excluding steroid dienone is 1. The lowest BCUT2D eigenvalue weighted by Crippen LogP contribution is -2.10. The molecule has 0 unspecified atom stereocenters. The normalized spacial score (nSPS) is 11.1. The number of benzene rings is 2. The standard InChI is InChI=1S/C15H13IO3S/c1-2-5-12-6-3-4-7-15(12)19-20(17,18)14-10-8-13(16)9-11-14/h2-4,6-11H,1,5H2. The van der Waals surface area contributed by atoms with Crippen molar-refractivity contribution < 1.29 is 12.6 Å². The van der Waals surface area contributed by atoms with Crippen LogP contribution in [0.15, 0.2) is 66.1 Å². The largest absolute Gasteiger partial charge is 0.379 e. The van der Waals surface area contributed by atoms with Crippen LogP contribution in [0, 0.1) is 3.57 Å². The summed E-state index contributed by atoms with van der Waals surface area (Å²) in [7, 11) is -3.81. The summed E-state index contributed by atoms with van der Waals surface area (Å²) in [5.74, 6) is 0.339. The van der Waals surface area contributed by atoms with Crippen molar-refractivity contribution in [2.45, 2.75) is 11.3 Å². The lowest BCUT2D eigenvalue weighted by Gasteiger charge is -2.10. The molecule has 2 aromatic rings. The van der Waals surface area contributed by atoms with Gasteiger partial charge in [-0.1, -0.05) is 24.3 Å². The summed E-state index contributed by atoms with van der Waals surface area (Å²) >= 11 is 2.12. The molecular formula is C15H13IO3S. The van der Waals surface area contributed by atoms with Crippen LogP contribution in [-0.4, -0.2) is 8.42 Å². The average Bonchev–Trinajstić information content (AvgIpc) is 2.41. The van der Waals surface area contributed by atoms with Crippen LogP contribution in [0.2, 0.25) is 0 Å². The van der Waals surface area contributed by atoms with Crippen molar-refractivity contribution in [3.8, 4) is 5.75 Å². The van der Waals surface area contributed by atoms with Crippen molar-refractivity contribution in [2.75, 3.05) is 0 Å². The Balaban J connectivity index is 2.33. The molecule has 0 bridgehead atoms. The van der Waals surface area contributed by atoms with E-state index in [0.29, 0.717) is 12.2 Å². The van der Waals surface area contributed by atoms with E-state index in [1.807, 2.05) is 12.1 Å². The van der Waals surface area contributed by atoms with Crippen LogP contribution in [0.3, 0.4) is 0 Å². The average molecular weight is 400 g/mol. The van der Waals surface area contributed by atoms with Gasteiger partial charge in [-0.3, -0.25) is 0 Å². The summed E-state index contributed by atoms with van der Waals surface area (Å²) in [5, 5.41) is 0. The van der Waals surface area contributed by atoms with Gasteiger partial charge in [0.2, 0.25) is 0 Å². The molecule has 0 aliphatic carbocycles. The Kier molecular flexibility index (Phi) is 4.82. The highest BCUT2D eigenvalue weighted by molar-refractivity contribution is 14.1. The quantitative estimate of drug-likeness (QED) is 0.436. The molecule has 0 N–H and O–H groups in total. The molecule has 0 fully saturated rings. The fourth-order valence-corrected chi connectivity index (χ4v) is 3.00. The number of rotatable bonds is 5. The van der Waals surface area contributed by atoms with Crippen molar-refractivity contribution in [1.29, 1.82) is 0 Å². The predicted molar refractivity (Wildman–Crippen MR) is 87.3 cm³/mol. The van der Waals surface area contributed by atoms with Gasteiger partial charge in [0.15, 0.2) is 0 Å².